The molecule has 1 aliphatic heterocycles. The number of hydrogen-bond donors (Lipinski definition) is 2. The highest BCUT2D eigenvalue weighted by molar-refractivity contribution is 5.91. The van der Waals surface area contributed by atoms with E-state index >= 15 is 0 Å². The molecule has 4 N–H and O–H groups in total. The number of nitrogens with zero attached hydrogens (tertiary/aromatic N) is 2. The lowest BCUT2D eigenvalue weighted by Gasteiger charge is -2.16. The summed E-state index contributed by atoms with van der Waals surface area (Å²) in [6.07, 6.45) is 0. The number of pyridine rings is 1. The fourth-order valence-corrected chi connectivity index (χ4v) is 2.31. The Morgan fingerprint density at radius 2 is 1.95 bits per heavy atom. The van der Waals surface area contributed by atoms with Gasteiger partial charge in [-0.2, -0.15) is 0 Å². The second-order valence-electron chi connectivity index (χ2n) is 4.63. The molecule has 1 aromatic carbocycles. The monoisotopic (exact) mass is 254 g/mol. The second-order valence-corrected chi connectivity index (χ2v) is 4.63. The van der Waals surface area contributed by atoms with Crippen LogP contribution in [0.5, 0.6) is 0 Å². The van der Waals surface area contributed by atoms with Gasteiger partial charge in [-0.05, 0) is 35.4 Å². The summed E-state index contributed by atoms with van der Waals surface area (Å²) >= 11 is 0. The number of nitrogens with two attached hydrogens (primary N) is 2. The third kappa shape index (κ3) is 2.10. The fourth-order valence-electron chi connectivity index (χ4n) is 2.31. The molecule has 0 saturated heterocycles. The third-order valence-corrected chi connectivity index (χ3v) is 3.26. The van der Waals surface area contributed by atoms with Gasteiger partial charge in [0.2, 0.25) is 0 Å². The summed E-state index contributed by atoms with van der Waals surface area (Å²) in [4.78, 5) is 17.5. The molecule has 0 atom stereocenters. The normalized spacial score (nSPS) is 13.4. The molecular formula is C14H14N4O. The van der Waals surface area contributed by atoms with E-state index < -0.39 is 5.91 Å². The highest BCUT2D eigenvalue weighted by atomic mass is 16.1. The van der Waals surface area contributed by atoms with E-state index in [1.54, 1.807) is 12.1 Å². The molecule has 0 aliphatic carbocycles. The number of hydrogen-bond acceptors (Lipinski definition) is 4. The Balaban J connectivity index is 1.90. The Kier molecular flexibility index (Phi) is 2.59. The van der Waals surface area contributed by atoms with E-state index in [0.717, 1.165) is 24.6 Å². The lowest BCUT2D eigenvalue weighted by Crippen LogP contribution is -2.19. The lowest BCUT2D eigenvalue weighted by molar-refractivity contribution is 0.0995. The minimum absolute atomic E-state index is 0.285. The SMILES string of the molecule is NC(=O)c1cccc(N2Cc3ccc(N)cc3C2)n1. The maximum atomic E-state index is 11.2. The Morgan fingerprint density at radius 1 is 1.16 bits per heavy atom. The predicted molar refractivity (Wildman–Crippen MR) is 73.5 cm³/mol. The number of fused-ring (bicyclic) bond motifs is 1. The van der Waals surface area contributed by atoms with Crippen LogP contribution in [0.15, 0.2) is 36.4 Å². The van der Waals surface area contributed by atoms with E-state index in [1.165, 1.54) is 11.1 Å². The van der Waals surface area contributed by atoms with Gasteiger partial charge >= 0.3 is 0 Å². The van der Waals surface area contributed by atoms with E-state index in [9.17, 15) is 4.79 Å². The van der Waals surface area contributed by atoms with Gasteiger partial charge in [0.15, 0.2) is 0 Å². The first kappa shape index (κ1) is 11.5. The highest BCUT2D eigenvalue weighted by Crippen LogP contribution is 2.28. The van der Waals surface area contributed by atoms with Crippen molar-refractivity contribution in [1.29, 1.82) is 0 Å². The van der Waals surface area contributed by atoms with Gasteiger partial charge in [-0.25, -0.2) is 4.98 Å². The number of nitrogen functional groups attached to an aromatic ring is 1. The number of primary amides is 1. The number of amides is 1. The molecule has 3 rings (SSSR count). The molecule has 2 aromatic rings. The summed E-state index contributed by atoms with van der Waals surface area (Å²) in [5, 5.41) is 0. The maximum Gasteiger partial charge on any atom is 0.267 e. The molecule has 19 heavy (non-hydrogen) atoms. The molecule has 0 spiro atoms. The Hall–Kier alpha value is -2.56. The molecule has 0 saturated carbocycles. The summed E-state index contributed by atoms with van der Waals surface area (Å²) < 4.78 is 0. The second kappa shape index (κ2) is 4.28. The van der Waals surface area contributed by atoms with Crippen LogP contribution < -0.4 is 16.4 Å². The van der Waals surface area contributed by atoms with E-state index in [-0.39, 0.29) is 5.69 Å². The van der Waals surface area contributed by atoms with Crippen LogP contribution in [-0.2, 0) is 13.1 Å². The fraction of sp³-hybridized carbons (Fsp3) is 0.143. The summed E-state index contributed by atoms with van der Waals surface area (Å²) in [7, 11) is 0. The van der Waals surface area contributed by atoms with E-state index in [1.807, 2.05) is 24.3 Å². The summed E-state index contributed by atoms with van der Waals surface area (Å²) in [6.45, 7) is 1.51. The molecule has 2 heterocycles. The molecule has 1 aliphatic rings. The zero-order chi connectivity index (χ0) is 13.4. The zero-order valence-electron chi connectivity index (χ0n) is 10.3. The van der Waals surface area contributed by atoms with Crippen LogP contribution in [0.1, 0.15) is 21.6 Å². The zero-order valence-corrected chi connectivity index (χ0v) is 10.3. The van der Waals surface area contributed by atoms with Crippen molar-refractivity contribution in [2.75, 3.05) is 10.6 Å². The van der Waals surface area contributed by atoms with Gasteiger partial charge in [-0.3, -0.25) is 4.79 Å². The molecule has 0 fully saturated rings. The van der Waals surface area contributed by atoms with Gasteiger partial charge < -0.3 is 16.4 Å². The number of anilines is 2. The molecule has 1 amide bonds. The van der Waals surface area contributed by atoms with Gasteiger partial charge in [0, 0.05) is 18.8 Å². The van der Waals surface area contributed by atoms with Crippen LogP contribution in [0.2, 0.25) is 0 Å². The van der Waals surface area contributed by atoms with Gasteiger partial charge in [0.05, 0.1) is 0 Å². The van der Waals surface area contributed by atoms with Gasteiger partial charge in [-0.1, -0.05) is 12.1 Å². The van der Waals surface area contributed by atoms with Crippen LogP contribution in [0.3, 0.4) is 0 Å². The Bertz CT molecular complexity index is 654. The van der Waals surface area contributed by atoms with E-state index in [4.69, 9.17) is 11.5 Å². The van der Waals surface area contributed by atoms with Crippen LogP contribution in [0, 0.1) is 0 Å². The van der Waals surface area contributed by atoms with Crippen molar-refractivity contribution >= 4 is 17.4 Å². The van der Waals surface area contributed by atoms with Gasteiger partial charge in [-0.15, -0.1) is 0 Å². The number of carbonyl (C=O) groups is 1. The quantitative estimate of drug-likeness (QED) is 0.791. The highest BCUT2D eigenvalue weighted by Gasteiger charge is 2.20. The Morgan fingerprint density at radius 3 is 2.74 bits per heavy atom. The molecule has 5 heteroatoms. The topological polar surface area (TPSA) is 85.2 Å². The molecule has 96 valence electrons. The van der Waals surface area contributed by atoms with Crippen molar-refractivity contribution in [3.8, 4) is 0 Å². The van der Waals surface area contributed by atoms with Crippen LogP contribution in [0.25, 0.3) is 0 Å². The van der Waals surface area contributed by atoms with Crippen molar-refractivity contribution in [3.63, 3.8) is 0 Å². The minimum atomic E-state index is -0.511. The number of rotatable bonds is 2. The maximum absolute atomic E-state index is 11.2. The summed E-state index contributed by atoms with van der Waals surface area (Å²) in [6, 6.07) is 11.2. The molecule has 5 nitrogen and oxygen atoms in total. The average molecular weight is 254 g/mol. The average Bonchev–Trinajstić information content (AvgIpc) is 2.81. The number of carbonyl (C=O) groups excluding carboxylic acids is 1. The smallest absolute Gasteiger partial charge is 0.267 e. The standard InChI is InChI=1S/C14H14N4O/c15-11-5-4-9-7-18(8-10(9)6-11)13-3-1-2-12(17-13)14(16)19/h1-6H,7-8,15H2,(H2,16,19). The van der Waals surface area contributed by atoms with Crippen LogP contribution in [-0.4, -0.2) is 10.9 Å². The van der Waals surface area contributed by atoms with Crippen LogP contribution in [0.4, 0.5) is 11.5 Å². The lowest BCUT2D eigenvalue weighted by atomic mass is 10.1. The minimum Gasteiger partial charge on any atom is -0.399 e. The third-order valence-electron chi connectivity index (χ3n) is 3.26. The first-order valence-electron chi connectivity index (χ1n) is 6.02. The summed E-state index contributed by atoms with van der Waals surface area (Å²) in [5.41, 5.74) is 14.5. The molecular weight excluding hydrogens is 240 g/mol. The summed E-state index contributed by atoms with van der Waals surface area (Å²) in [5.74, 6) is 0.244. The predicted octanol–water partition coefficient (Wildman–Crippen LogP) is 1.28. The first-order valence-corrected chi connectivity index (χ1v) is 6.02. The van der Waals surface area contributed by atoms with E-state index in [2.05, 4.69) is 9.88 Å². The van der Waals surface area contributed by atoms with Gasteiger partial charge in [0.1, 0.15) is 11.5 Å². The largest absolute Gasteiger partial charge is 0.399 e. The van der Waals surface area contributed by atoms with Crippen molar-refractivity contribution in [2.24, 2.45) is 5.73 Å². The Labute approximate surface area is 110 Å². The van der Waals surface area contributed by atoms with Crippen molar-refractivity contribution in [2.45, 2.75) is 13.1 Å². The van der Waals surface area contributed by atoms with Gasteiger partial charge in [0.25, 0.3) is 5.91 Å². The molecule has 1 aromatic heterocycles. The van der Waals surface area contributed by atoms with Crippen LogP contribution >= 0.6 is 0 Å². The number of benzene rings is 1. The molecule has 0 unspecified atom stereocenters. The molecule has 0 bridgehead atoms. The van der Waals surface area contributed by atoms with Crippen molar-refractivity contribution in [3.05, 3.63) is 53.2 Å². The number of aromatic nitrogens is 1. The molecule has 0 radical (unpaired) electrons. The van der Waals surface area contributed by atoms with E-state index in [0.29, 0.717) is 0 Å². The first-order chi connectivity index (χ1) is 9.13. The van der Waals surface area contributed by atoms with Crippen molar-refractivity contribution in [1.82, 2.24) is 4.98 Å². The van der Waals surface area contributed by atoms with Crippen molar-refractivity contribution < 1.29 is 4.79 Å².